The van der Waals surface area contributed by atoms with Crippen molar-refractivity contribution in [2.45, 2.75) is 63.0 Å². The largest absolute Gasteiger partial charge is 0.354 e. The van der Waals surface area contributed by atoms with Crippen molar-refractivity contribution in [3.8, 4) is 0 Å². The number of hydrogen-bond donors (Lipinski definition) is 1. The molecule has 1 saturated carbocycles. The van der Waals surface area contributed by atoms with E-state index in [1.807, 2.05) is 36.8 Å². The summed E-state index contributed by atoms with van der Waals surface area (Å²) < 4.78 is 0. The summed E-state index contributed by atoms with van der Waals surface area (Å²) in [5.74, 6) is 1.18. The third-order valence-electron chi connectivity index (χ3n) is 4.54. The first-order valence-corrected chi connectivity index (χ1v) is 10.9. The van der Waals surface area contributed by atoms with Gasteiger partial charge in [-0.05, 0) is 31.9 Å². The molecule has 0 radical (unpaired) electrons. The topological polar surface area (TPSA) is 49.4 Å². The fourth-order valence-corrected chi connectivity index (χ4v) is 5.19. The Labute approximate surface area is 148 Å². The molecule has 1 aliphatic heterocycles. The van der Waals surface area contributed by atoms with Crippen LogP contribution in [-0.4, -0.2) is 58.4 Å². The Morgan fingerprint density at radius 3 is 2.48 bits per heavy atom. The highest BCUT2D eigenvalue weighted by molar-refractivity contribution is 8.01. The van der Waals surface area contributed by atoms with Crippen LogP contribution in [0, 0.1) is 5.41 Å². The van der Waals surface area contributed by atoms with Crippen LogP contribution in [0.25, 0.3) is 0 Å². The smallest absolute Gasteiger partial charge is 0.236 e. The molecule has 2 rings (SSSR count). The van der Waals surface area contributed by atoms with Crippen LogP contribution in [0.5, 0.6) is 0 Å². The molecule has 2 fully saturated rings. The van der Waals surface area contributed by atoms with E-state index >= 15 is 0 Å². The van der Waals surface area contributed by atoms with E-state index in [4.69, 9.17) is 0 Å². The maximum atomic E-state index is 12.7. The third kappa shape index (κ3) is 5.31. The predicted octanol–water partition coefficient (Wildman–Crippen LogP) is 2.77. The van der Waals surface area contributed by atoms with E-state index in [2.05, 4.69) is 12.2 Å². The molecule has 0 aromatic carbocycles. The second kappa shape index (κ2) is 8.15. The minimum absolute atomic E-state index is 0.0823. The Morgan fingerprint density at radius 1 is 1.26 bits per heavy atom. The van der Waals surface area contributed by atoms with Gasteiger partial charge in [-0.25, -0.2) is 0 Å². The molecule has 0 bridgehead atoms. The first-order chi connectivity index (χ1) is 10.8. The number of rotatable bonds is 8. The van der Waals surface area contributed by atoms with Crippen LogP contribution in [0.2, 0.25) is 0 Å². The third-order valence-corrected chi connectivity index (χ3v) is 7.01. The van der Waals surface area contributed by atoms with Crippen molar-refractivity contribution in [3.63, 3.8) is 0 Å². The maximum Gasteiger partial charge on any atom is 0.236 e. The number of thioether (sulfide) groups is 2. The molecule has 4 nitrogen and oxygen atoms in total. The lowest BCUT2D eigenvalue weighted by molar-refractivity contribution is -0.132. The van der Waals surface area contributed by atoms with E-state index in [0.717, 1.165) is 31.4 Å². The van der Waals surface area contributed by atoms with Crippen LogP contribution in [-0.2, 0) is 9.59 Å². The molecule has 1 N–H and O–H groups in total. The van der Waals surface area contributed by atoms with Crippen LogP contribution in [0.4, 0.5) is 0 Å². The van der Waals surface area contributed by atoms with Crippen molar-refractivity contribution in [1.29, 1.82) is 0 Å². The molecule has 1 aliphatic carbocycles. The zero-order valence-electron chi connectivity index (χ0n) is 14.8. The van der Waals surface area contributed by atoms with Gasteiger partial charge in [-0.1, -0.05) is 20.8 Å². The second-order valence-corrected chi connectivity index (χ2v) is 9.86. The molecule has 0 aromatic rings. The van der Waals surface area contributed by atoms with Gasteiger partial charge < -0.3 is 10.2 Å². The summed E-state index contributed by atoms with van der Waals surface area (Å²) in [7, 11) is 0. The SMILES string of the molecule is CSCC(C)(C)C(=O)NCCN(C(=O)C1CCC(C)S1)C1CC1. The van der Waals surface area contributed by atoms with Gasteiger partial charge in [-0.2, -0.15) is 11.8 Å². The fraction of sp³-hybridized carbons (Fsp3) is 0.882. The van der Waals surface area contributed by atoms with Crippen molar-refractivity contribution >= 4 is 35.3 Å². The summed E-state index contributed by atoms with van der Waals surface area (Å²) in [4.78, 5) is 27.0. The Kier molecular flexibility index (Phi) is 6.72. The van der Waals surface area contributed by atoms with Gasteiger partial charge in [0.1, 0.15) is 0 Å². The molecular formula is C17H30N2O2S2. The van der Waals surface area contributed by atoms with Gasteiger partial charge in [0.2, 0.25) is 11.8 Å². The molecule has 2 atom stereocenters. The molecule has 0 aromatic heterocycles. The quantitative estimate of drug-likeness (QED) is 0.725. The lowest BCUT2D eigenvalue weighted by Gasteiger charge is -2.27. The van der Waals surface area contributed by atoms with Crippen molar-refractivity contribution < 1.29 is 9.59 Å². The van der Waals surface area contributed by atoms with Crippen molar-refractivity contribution in [2.75, 3.05) is 25.1 Å². The summed E-state index contributed by atoms with van der Waals surface area (Å²) in [6.45, 7) is 7.35. The van der Waals surface area contributed by atoms with E-state index in [1.54, 1.807) is 11.8 Å². The standard InChI is InChI=1S/C17H30N2O2S2/c1-12-5-8-14(23-12)15(20)19(13-6-7-13)10-9-18-16(21)17(2,3)11-22-4/h12-14H,5-11H2,1-4H3,(H,18,21). The molecule has 2 unspecified atom stereocenters. The van der Waals surface area contributed by atoms with Gasteiger partial charge in [0, 0.05) is 30.1 Å². The van der Waals surface area contributed by atoms with E-state index in [-0.39, 0.29) is 16.6 Å². The lowest BCUT2D eigenvalue weighted by atomic mass is 9.95. The van der Waals surface area contributed by atoms with E-state index in [0.29, 0.717) is 30.3 Å². The molecule has 6 heteroatoms. The van der Waals surface area contributed by atoms with E-state index < -0.39 is 0 Å². The number of nitrogens with one attached hydrogen (secondary N) is 1. The normalized spacial score (nSPS) is 24.5. The van der Waals surface area contributed by atoms with Crippen LogP contribution >= 0.6 is 23.5 Å². The highest BCUT2D eigenvalue weighted by atomic mass is 32.2. The van der Waals surface area contributed by atoms with Gasteiger partial charge in [0.25, 0.3) is 0 Å². The highest BCUT2D eigenvalue weighted by Crippen LogP contribution is 2.36. The first-order valence-electron chi connectivity index (χ1n) is 8.58. The van der Waals surface area contributed by atoms with Crippen LogP contribution in [0.3, 0.4) is 0 Å². The Bertz CT molecular complexity index is 438. The van der Waals surface area contributed by atoms with Crippen LogP contribution < -0.4 is 5.32 Å². The Balaban J connectivity index is 1.81. The molecular weight excluding hydrogens is 328 g/mol. The van der Waals surface area contributed by atoms with Crippen LogP contribution in [0.15, 0.2) is 0 Å². The zero-order valence-corrected chi connectivity index (χ0v) is 16.4. The molecule has 23 heavy (non-hydrogen) atoms. The fourth-order valence-electron chi connectivity index (χ4n) is 2.98. The average molecular weight is 359 g/mol. The number of hydrogen-bond acceptors (Lipinski definition) is 4. The maximum absolute atomic E-state index is 12.7. The van der Waals surface area contributed by atoms with Crippen molar-refractivity contribution in [3.05, 3.63) is 0 Å². The summed E-state index contributed by atoms with van der Waals surface area (Å²) in [6.07, 6.45) is 6.39. The lowest BCUT2D eigenvalue weighted by Crippen LogP contribution is -2.46. The summed E-state index contributed by atoms with van der Waals surface area (Å²) in [5, 5.41) is 3.75. The van der Waals surface area contributed by atoms with E-state index in [9.17, 15) is 9.59 Å². The van der Waals surface area contributed by atoms with Gasteiger partial charge in [0.05, 0.1) is 10.7 Å². The first kappa shape index (κ1) is 19.0. The van der Waals surface area contributed by atoms with Gasteiger partial charge in [-0.15, -0.1) is 11.8 Å². The number of carbonyl (C=O) groups is 2. The second-order valence-electron chi connectivity index (χ2n) is 7.35. The zero-order chi connectivity index (χ0) is 17.0. The molecule has 2 aliphatic rings. The van der Waals surface area contributed by atoms with Crippen LogP contribution in [0.1, 0.15) is 46.5 Å². The number of nitrogens with zero attached hydrogens (tertiary/aromatic N) is 1. The average Bonchev–Trinajstić information content (AvgIpc) is 3.23. The number of carbonyl (C=O) groups excluding carboxylic acids is 2. The van der Waals surface area contributed by atoms with Gasteiger partial charge >= 0.3 is 0 Å². The summed E-state index contributed by atoms with van der Waals surface area (Å²) in [6, 6.07) is 0.412. The molecule has 1 saturated heterocycles. The minimum atomic E-state index is -0.357. The molecule has 132 valence electrons. The Hall–Kier alpha value is -0.360. The van der Waals surface area contributed by atoms with Gasteiger partial charge in [-0.3, -0.25) is 9.59 Å². The van der Waals surface area contributed by atoms with Gasteiger partial charge in [0.15, 0.2) is 0 Å². The highest BCUT2D eigenvalue weighted by Gasteiger charge is 2.38. The van der Waals surface area contributed by atoms with Crippen molar-refractivity contribution in [2.24, 2.45) is 5.41 Å². The number of amides is 2. The molecule has 0 spiro atoms. The van der Waals surface area contributed by atoms with E-state index in [1.165, 1.54) is 0 Å². The molecule has 2 amide bonds. The Morgan fingerprint density at radius 2 is 1.96 bits per heavy atom. The predicted molar refractivity (Wildman–Crippen MR) is 100.0 cm³/mol. The molecule has 1 heterocycles. The summed E-state index contributed by atoms with van der Waals surface area (Å²) >= 11 is 3.50. The van der Waals surface area contributed by atoms with Crippen molar-refractivity contribution in [1.82, 2.24) is 10.2 Å². The summed E-state index contributed by atoms with van der Waals surface area (Å²) in [5.41, 5.74) is -0.357. The minimum Gasteiger partial charge on any atom is -0.354 e. The monoisotopic (exact) mass is 358 g/mol.